The van der Waals surface area contributed by atoms with Crippen molar-refractivity contribution in [1.82, 2.24) is 10.2 Å². The minimum Gasteiger partial charge on any atom is -0.352 e. The van der Waals surface area contributed by atoms with Crippen molar-refractivity contribution in [3.05, 3.63) is 129 Å². The van der Waals surface area contributed by atoms with E-state index in [2.05, 4.69) is 5.32 Å². The minimum absolute atomic E-state index is 0.00504. The Balaban J connectivity index is 1.60. The third kappa shape index (κ3) is 9.24. The fourth-order valence-corrected chi connectivity index (χ4v) is 8.26. The number of para-hydroxylation sites is 1. The number of carbonyl (C=O) groups is 2. The lowest BCUT2D eigenvalue weighted by Crippen LogP contribution is -2.55. The number of nitrogens with zero attached hydrogens (tertiary/aromatic N) is 2. The highest BCUT2D eigenvalue weighted by molar-refractivity contribution is 7.92. The van der Waals surface area contributed by atoms with Crippen molar-refractivity contribution >= 4 is 50.7 Å². The fourth-order valence-electron chi connectivity index (χ4n) is 6.34. The van der Waals surface area contributed by atoms with Gasteiger partial charge in [-0.15, -0.1) is 0 Å². The van der Waals surface area contributed by atoms with Gasteiger partial charge in [0.2, 0.25) is 11.8 Å². The molecule has 0 radical (unpaired) electrons. The Morgan fingerprint density at radius 3 is 2.20 bits per heavy atom. The van der Waals surface area contributed by atoms with Crippen LogP contribution in [0.1, 0.15) is 61.3 Å². The molecular weight excluding hydrogens is 677 g/mol. The van der Waals surface area contributed by atoms with Crippen LogP contribution in [0.15, 0.2) is 102 Å². The summed E-state index contributed by atoms with van der Waals surface area (Å²) >= 11 is 12.9. The minimum atomic E-state index is -4.20. The van der Waals surface area contributed by atoms with Gasteiger partial charge in [0.25, 0.3) is 10.0 Å². The lowest BCUT2D eigenvalue weighted by atomic mass is 9.94. The van der Waals surface area contributed by atoms with Crippen molar-refractivity contribution in [2.24, 2.45) is 0 Å². The van der Waals surface area contributed by atoms with Gasteiger partial charge in [0.15, 0.2) is 0 Å². The molecule has 0 bridgehead atoms. The van der Waals surface area contributed by atoms with Crippen LogP contribution in [0.3, 0.4) is 0 Å². The van der Waals surface area contributed by atoms with Gasteiger partial charge in [-0.05, 0) is 73.2 Å². The van der Waals surface area contributed by atoms with Gasteiger partial charge < -0.3 is 10.2 Å². The summed E-state index contributed by atoms with van der Waals surface area (Å²) in [5.74, 6) is -0.816. The third-order valence-electron chi connectivity index (χ3n) is 9.11. The highest BCUT2D eigenvalue weighted by Gasteiger charge is 2.36. The van der Waals surface area contributed by atoms with E-state index in [1.165, 1.54) is 9.21 Å². The maximum absolute atomic E-state index is 14.8. The SMILES string of the molecule is CCc1ccccc1N(CC(=O)N(Cc1ccc(Cl)cc1Cl)C(Cc1ccccc1)C(=O)NC1CCCCC1)S(=O)(=O)c1ccc(C)cc1. The highest BCUT2D eigenvalue weighted by atomic mass is 35.5. The second-order valence-corrected chi connectivity index (χ2v) is 15.3. The van der Waals surface area contributed by atoms with Crippen LogP contribution in [-0.2, 0) is 39.0 Å². The van der Waals surface area contributed by atoms with Crippen LogP contribution in [0.4, 0.5) is 5.69 Å². The summed E-state index contributed by atoms with van der Waals surface area (Å²) in [6.07, 6.45) is 5.71. The molecule has 4 aromatic carbocycles. The molecule has 0 aliphatic heterocycles. The number of hydrogen-bond acceptors (Lipinski definition) is 4. The predicted octanol–water partition coefficient (Wildman–Crippen LogP) is 8.15. The predicted molar refractivity (Wildman–Crippen MR) is 197 cm³/mol. The molecular formula is C39H43Cl2N3O4S. The van der Waals surface area contributed by atoms with Crippen molar-refractivity contribution in [1.29, 1.82) is 0 Å². The molecule has 1 N–H and O–H groups in total. The molecule has 7 nitrogen and oxygen atoms in total. The van der Waals surface area contributed by atoms with Crippen molar-refractivity contribution in [2.45, 2.75) is 82.3 Å². The molecule has 0 heterocycles. The molecule has 49 heavy (non-hydrogen) atoms. The fraction of sp³-hybridized carbons (Fsp3) is 0.333. The Bertz CT molecular complexity index is 1850. The summed E-state index contributed by atoms with van der Waals surface area (Å²) in [6, 6.07) is 27.4. The monoisotopic (exact) mass is 719 g/mol. The van der Waals surface area contributed by atoms with E-state index in [0.717, 1.165) is 48.8 Å². The first-order valence-corrected chi connectivity index (χ1v) is 19.0. The van der Waals surface area contributed by atoms with Gasteiger partial charge in [-0.1, -0.05) is 122 Å². The number of benzene rings is 4. The Hall–Kier alpha value is -3.85. The van der Waals surface area contributed by atoms with Crippen molar-refractivity contribution < 1.29 is 18.0 Å². The molecule has 0 saturated heterocycles. The van der Waals surface area contributed by atoms with Crippen molar-refractivity contribution in [2.75, 3.05) is 10.8 Å². The molecule has 0 spiro atoms. The van der Waals surface area contributed by atoms with Gasteiger partial charge in [-0.25, -0.2) is 8.42 Å². The average Bonchev–Trinajstić information content (AvgIpc) is 3.10. The topological polar surface area (TPSA) is 86.8 Å². The zero-order chi connectivity index (χ0) is 35.0. The molecule has 5 rings (SSSR count). The first-order chi connectivity index (χ1) is 23.6. The van der Waals surface area contributed by atoms with Gasteiger partial charge in [0, 0.05) is 29.1 Å². The highest BCUT2D eigenvalue weighted by Crippen LogP contribution is 2.30. The number of hydrogen-bond donors (Lipinski definition) is 1. The van der Waals surface area contributed by atoms with E-state index >= 15 is 0 Å². The largest absolute Gasteiger partial charge is 0.352 e. The molecule has 1 fully saturated rings. The van der Waals surface area contributed by atoms with Crippen LogP contribution in [-0.4, -0.2) is 43.8 Å². The number of rotatable bonds is 13. The zero-order valence-electron chi connectivity index (χ0n) is 27.9. The normalized spacial score (nSPS) is 14.2. The molecule has 0 aromatic heterocycles. The lowest BCUT2D eigenvalue weighted by molar-refractivity contribution is -0.140. The Labute approximate surface area is 300 Å². The van der Waals surface area contributed by atoms with E-state index in [1.54, 1.807) is 54.6 Å². The Morgan fingerprint density at radius 2 is 1.53 bits per heavy atom. The molecule has 1 aliphatic rings. The van der Waals surface area contributed by atoms with E-state index in [9.17, 15) is 18.0 Å². The summed E-state index contributed by atoms with van der Waals surface area (Å²) in [7, 11) is -4.20. The standard InChI is InChI=1S/C39H43Cl2N3O4S/c1-3-30-14-10-11-17-36(30)44(49(47,48)34-22-18-28(2)19-23-34)27-38(45)43(26-31-20-21-32(40)25-35(31)41)37(24-29-12-6-4-7-13-29)39(46)42-33-15-8-5-9-16-33/h4,6-7,10-14,17-23,25,33,37H,3,5,8-9,15-16,24,26-27H2,1-2H3,(H,42,46). The molecule has 2 amide bonds. The van der Waals surface area contributed by atoms with Crippen LogP contribution in [0.2, 0.25) is 10.0 Å². The van der Waals surface area contributed by atoms with Crippen LogP contribution >= 0.6 is 23.2 Å². The van der Waals surface area contributed by atoms with E-state index < -0.39 is 28.5 Å². The average molecular weight is 721 g/mol. The number of aryl methyl sites for hydroxylation is 2. The summed E-state index contributed by atoms with van der Waals surface area (Å²) in [5, 5.41) is 4.01. The van der Waals surface area contributed by atoms with Gasteiger partial charge in [-0.3, -0.25) is 13.9 Å². The number of amides is 2. The molecule has 258 valence electrons. The van der Waals surface area contributed by atoms with Crippen LogP contribution < -0.4 is 9.62 Å². The van der Waals surface area contributed by atoms with E-state index in [1.807, 2.05) is 56.3 Å². The van der Waals surface area contributed by atoms with Crippen LogP contribution in [0, 0.1) is 6.92 Å². The molecule has 1 unspecified atom stereocenters. The molecule has 4 aromatic rings. The van der Waals surface area contributed by atoms with Crippen LogP contribution in [0.5, 0.6) is 0 Å². The first-order valence-electron chi connectivity index (χ1n) is 16.8. The van der Waals surface area contributed by atoms with Crippen molar-refractivity contribution in [3.8, 4) is 0 Å². The number of anilines is 1. The molecule has 10 heteroatoms. The number of carbonyl (C=O) groups excluding carboxylic acids is 2. The number of halogens is 2. The Morgan fingerprint density at radius 1 is 0.857 bits per heavy atom. The maximum atomic E-state index is 14.8. The van der Waals surface area contributed by atoms with E-state index in [-0.39, 0.29) is 29.8 Å². The first kappa shape index (κ1) is 36.4. The number of sulfonamides is 1. The molecule has 1 aliphatic carbocycles. The van der Waals surface area contributed by atoms with E-state index in [4.69, 9.17) is 23.2 Å². The summed E-state index contributed by atoms with van der Waals surface area (Å²) in [6.45, 7) is 3.27. The molecule has 1 atom stereocenters. The second-order valence-electron chi connectivity index (χ2n) is 12.6. The van der Waals surface area contributed by atoms with Gasteiger partial charge in [0.05, 0.1) is 10.6 Å². The smallest absolute Gasteiger partial charge is 0.264 e. The lowest BCUT2D eigenvalue weighted by Gasteiger charge is -2.35. The van der Waals surface area contributed by atoms with Gasteiger partial charge in [0.1, 0.15) is 12.6 Å². The van der Waals surface area contributed by atoms with Gasteiger partial charge >= 0.3 is 0 Å². The van der Waals surface area contributed by atoms with Crippen molar-refractivity contribution in [3.63, 3.8) is 0 Å². The van der Waals surface area contributed by atoms with E-state index in [0.29, 0.717) is 27.7 Å². The number of nitrogens with one attached hydrogen (secondary N) is 1. The quantitative estimate of drug-likeness (QED) is 0.151. The second kappa shape index (κ2) is 16.7. The third-order valence-corrected chi connectivity index (χ3v) is 11.5. The molecule has 1 saturated carbocycles. The van der Waals surface area contributed by atoms with Gasteiger partial charge in [-0.2, -0.15) is 0 Å². The Kier molecular flexibility index (Phi) is 12.4. The maximum Gasteiger partial charge on any atom is 0.264 e. The summed E-state index contributed by atoms with van der Waals surface area (Å²) in [5.41, 5.74) is 3.55. The zero-order valence-corrected chi connectivity index (χ0v) is 30.3. The summed E-state index contributed by atoms with van der Waals surface area (Å²) < 4.78 is 30.0. The van der Waals surface area contributed by atoms with Crippen LogP contribution in [0.25, 0.3) is 0 Å². The summed E-state index contributed by atoms with van der Waals surface area (Å²) in [4.78, 5) is 30.7.